The molecule has 1 unspecified atom stereocenters. The van der Waals surface area contributed by atoms with Crippen molar-refractivity contribution in [2.24, 2.45) is 5.73 Å². The number of nitrogens with two attached hydrogens (primary N) is 1. The van der Waals surface area contributed by atoms with Crippen LogP contribution >= 0.6 is 0 Å². The number of benzene rings is 1. The number of carbonyl (C=O) groups excluding carboxylic acids is 2. The van der Waals surface area contributed by atoms with Crippen LogP contribution < -0.4 is 16.4 Å². The molecule has 5 heteroatoms. The fourth-order valence-corrected chi connectivity index (χ4v) is 2.48. The van der Waals surface area contributed by atoms with Gasteiger partial charge in [0.2, 0.25) is 11.8 Å². The first-order valence-electron chi connectivity index (χ1n) is 7.17. The third kappa shape index (κ3) is 4.04. The van der Waals surface area contributed by atoms with Crippen LogP contribution in [0.25, 0.3) is 0 Å². The quantitative estimate of drug-likeness (QED) is 0.699. The minimum Gasteiger partial charge on any atom is -0.368 e. The van der Waals surface area contributed by atoms with Gasteiger partial charge in [0.1, 0.15) is 6.04 Å². The molecule has 21 heavy (non-hydrogen) atoms. The molecule has 0 saturated carbocycles. The summed E-state index contributed by atoms with van der Waals surface area (Å²) in [7, 11) is 1.74. The number of primary amides is 1. The fraction of sp³-hybridized carbons (Fsp3) is 0.500. The van der Waals surface area contributed by atoms with Crippen LogP contribution in [-0.2, 0) is 15.0 Å². The average Bonchev–Trinajstić information content (AvgIpc) is 2.45. The molecule has 0 aliphatic carbocycles. The van der Waals surface area contributed by atoms with Gasteiger partial charge in [-0.25, -0.2) is 0 Å². The number of carbonyl (C=O) groups is 2. The van der Waals surface area contributed by atoms with Crippen molar-refractivity contribution in [1.29, 1.82) is 0 Å². The van der Waals surface area contributed by atoms with E-state index >= 15 is 0 Å². The summed E-state index contributed by atoms with van der Waals surface area (Å²) in [6.45, 7) is 5.80. The Kier molecular flexibility index (Phi) is 5.90. The van der Waals surface area contributed by atoms with Crippen LogP contribution in [0.5, 0.6) is 0 Å². The molecule has 1 rings (SSSR count). The van der Waals surface area contributed by atoms with E-state index in [0.717, 1.165) is 5.56 Å². The highest BCUT2D eigenvalue weighted by Crippen LogP contribution is 2.27. The van der Waals surface area contributed by atoms with E-state index in [2.05, 4.69) is 10.6 Å². The van der Waals surface area contributed by atoms with Crippen LogP contribution in [0.15, 0.2) is 30.3 Å². The SMILES string of the molecule is CCC(NC(=O)[C@@H](NC)C(C)(C)c1ccccc1)C(N)=O. The van der Waals surface area contributed by atoms with E-state index in [1.807, 2.05) is 51.1 Å². The van der Waals surface area contributed by atoms with Crippen molar-refractivity contribution in [3.05, 3.63) is 35.9 Å². The standard InChI is InChI=1S/C16H25N3O2/c1-5-12(14(17)20)19-15(21)13(18-4)16(2,3)11-9-7-6-8-10-11/h6-10,12-13,18H,5H2,1-4H3,(H2,17,20)(H,19,21)/t12?,13-/m1/s1. The third-order valence-corrected chi connectivity index (χ3v) is 3.86. The maximum Gasteiger partial charge on any atom is 0.239 e. The Labute approximate surface area is 126 Å². The smallest absolute Gasteiger partial charge is 0.239 e. The van der Waals surface area contributed by atoms with E-state index in [1.54, 1.807) is 7.05 Å². The molecule has 0 spiro atoms. The Hall–Kier alpha value is -1.88. The molecule has 0 bridgehead atoms. The van der Waals surface area contributed by atoms with Gasteiger partial charge in [0.05, 0.1) is 6.04 Å². The van der Waals surface area contributed by atoms with Crippen LogP contribution in [0.2, 0.25) is 0 Å². The van der Waals surface area contributed by atoms with Crippen molar-refractivity contribution in [2.75, 3.05) is 7.05 Å². The molecule has 116 valence electrons. The molecule has 0 aliphatic rings. The highest BCUT2D eigenvalue weighted by molar-refractivity contribution is 5.89. The second kappa shape index (κ2) is 7.22. The predicted molar refractivity (Wildman–Crippen MR) is 83.7 cm³/mol. The lowest BCUT2D eigenvalue weighted by molar-refractivity contribution is -0.129. The van der Waals surface area contributed by atoms with Crippen molar-refractivity contribution in [3.8, 4) is 0 Å². The molecule has 0 aromatic heterocycles. The van der Waals surface area contributed by atoms with Crippen molar-refractivity contribution < 1.29 is 9.59 Å². The minimum atomic E-state index is -0.639. The normalized spacial score (nSPS) is 14.3. The molecule has 4 N–H and O–H groups in total. The molecule has 1 aromatic carbocycles. The van der Waals surface area contributed by atoms with E-state index in [-0.39, 0.29) is 5.91 Å². The third-order valence-electron chi connectivity index (χ3n) is 3.86. The highest BCUT2D eigenvalue weighted by atomic mass is 16.2. The second-order valence-electron chi connectivity index (χ2n) is 5.68. The van der Waals surface area contributed by atoms with Crippen LogP contribution in [0, 0.1) is 0 Å². The van der Waals surface area contributed by atoms with Gasteiger partial charge < -0.3 is 16.4 Å². The lowest BCUT2D eigenvalue weighted by atomic mass is 9.77. The average molecular weight is 291 g/mol. The van der Waals surface area contributed by atoms with E-state index in [9.17, 15) is 9.59 Å². The van der Waals surface area contributed by atoms with Crippen molar-refractivity contribution in [3.63, 3.8) is 0 Å². The summed E-state index contributed by atoms with van der Waals surface area (Å²) in [5.74, 6) is -0.741. The zero-order chi connectivity index (χ0) is 16.0. The maximum absolute atomic E-state index is 12.5. The zero-order valence-corrected chi connectivity index (χ0v) is 13.1. The molecule has 5 nitrogen and oxygen atoms in total. The van der Waals surface area contributed by atoms with Gasteiger partial charge in [0.25, 0.3) is 0 Å². The Balaban J connectivity index is 2.96. The molecule has 0 fully saturated rings. The van der Waals surface area contributed by atoms with Gasteiger partial charge in [-0.1, -0.05) is 51.1 Å². The first kappa shape index (κ1) is 17.2. The second-order valence-corrected chi connectivity index (χ2v) is 5.68. The Morgan fingerprint density at radius 3 is 2.24 bits per heavy atom. The van der Waals surface area contributed by atoms with Crippen molar-refractivity contribution in [2.45, 2.75) is 44.7 Å². The first-order chi connectivity index (χ1) is 9.84. The van der Waals surface area contributed by atoms with Gasteiger partial charge in [-0.2, -0.15) is 0 Å². The first-order valence-corrected chi connectivity index (χ1v) is 7.17. The number of amides is 2. The monoisotopic (exact) mass is 291 g/mol. The lowest BCUT2D eigenvalue weighted by Crippen LogP contribution is -2.57. The number of rotatable bonds is 7. The summed E-state index contributed by atoms with van der Waals surface area (Å²) in [5, 5.41) is 5.76. The summed E-state index contributed by atoms with van der Waals surface area (Å²) in [6, 6.07) is 8.70. The van der Waals surface area contributed by atoms with Crippen LogP contribution in [-0.4, -0.2) is 30.9 Å². The summed E-state index contributed by atoms with van der Waals surface area (Å²) in [5.41, 5.74) is 5.91. The van der Waals surface area contributed by atoms with Crippen LogP contribution in [0.1, 0.15) is 32.8 Å². The molecule has 0 heterocycles. The fourth-order valence-electron chi connectivity index (χ4n) is 2.48. The van der Waals surface area contributed by atoms with Crippen molar-refractivity contribution in [1.82, 2.24) is 10.6 Å². The molecule has 0 radical (unpaired) electrons. The predicted octanol–water partition coefficient (Wildman–Crippen LogP) is 0.932. The summed E-state index contributed by atoms with van der Waals surface area (Å²) >= 11 is 0. The Morgan fingerprint density at radius 2 is 1.81 bits per heavy atom. The molecule has 1 aromatic rings. The number of hydrogen-bond donors (Lipinski definition) is 3. The van der Waals surface area contributed by atoms with Gasteiger partial charge in [0, 0.05) is 5.41 Å². The zero-order valence-electron chi connectivity index (χ0n) is 13.1. The Bertz CT molecular complexity index is 486. The van der Waals surface area contributed by atoms with E-state index in [1.165, 1.54) is 0 Å². The molecule has 0 aliphatic heterocycles. The van der Waals surface area contributed by atoms with Crippen molar-refractivity contribution >= 4 is 11.8 Å². The van der Waals surface area contributed by atoms with Crippen LogP contribution in [0.3, 0.4) is 0 Å². The molecule has 2 atom stereocenters. The minimum absolute atomic E-state index is 0.225. The maximum atomic E-state index is 12.5. The lowest BCUT2D eigenvalue weighted by Gasteiger charge is -2.34. The number of hydrogen-bond acceptors (Lipinski definition) is 3. The van der Waals surface area contributed by atoms with Gasteiger partial charge in [0.15, 0.2) is 0 Å². The number of nitrogens with one attached hydrogen (secondary N) is 2. The molecular weight excluding hydrogens is 266 g/mol. The summed E-state index contributed by atoms with van der Waals surface area (Å²) < 4.78 is 0. The van der Waals surface area contributed by atoms with E-state index in [0.29, 0.717) is 6.42 Å². The number of likely N-dealkylation sites (N-methyl/N-ethyl adjacent to an activating group) is 1. The molecule has 2 amide bonds. The molecule has 0 saturated heterocycles. The van der Waals surface area contributed by atoms with E-state index in [4.69, 9.17) is 5.73 Å². The largest absolute Gasteiger partial charge is 0.368 e. The van der Waals surface area contributed by atoms with Gasteiger partial charge >= 0.3 is 0 Å². The van der Waals surface area contributed by atoms with E-state index < -0.39 is 23.4 Å². The topological polar surface area (TPSA) is 84.2 Å². The molecular formula is C16H25N3O2. The summed E-state index contributed by atoms with van der Waals surface area (Å²) in [4.78, 5) is 23.8. The van der Waals surface area contributed by atoms with Crippen LogP contribution in [0.4, 0.5) is 0 Å². The van der Waals surface area contributed by atoms with Gasteiger partial charge in [-0.15, -0.1) is 0 Å². The van der Waals surface area contributed by atoms with Gasteiger partial charge in [-0.3, -0.25) is 9.59 Å². The Morgan fingerprint density at radius 1 is 1.24 bits per heavy atom. The summed E-state index contributed by atoms with van der Waals surface area (Å²) in [6.07, 6.45) is 0.475. The van der Waals surface area contributed by atoms with Gasteiger partial charge in [-0.05, 0) is 19.0 Å². The highest BCUT2D eigenvalue weighted by Gasteiger charge is 2.36.